The van der Waals surface area contributed by atoms with Gasteiger partial charge in [0.1, 0.15) is 5.82 Å². The summed E-state index contributed by atoms with van der Waals surface area (Å²) in [5, 5.41) is 15.3. The number of halogens is 2. The Hall–Kier alpha value is -3.31. The van der Waals surface area contributed by atoms with Crippen LogP contribution in [0.4, 0.5) is 19.7 Å². The summed E-state index contributed by atoms with van der Waals surface area (Å²) >= 11 is 5.97. The van der Waals surface area contributed by atoms with E-state index in [0.29, 0.717) is 43.3 Å². The summed E-state index contributed by atoms with van der Waals surface area (Å²) < 4.78 is 13.7. The molecular formula is C31H37ClFN5O2. The number of nitrogens with one attached hydrogen (secondary N) is 2. The first-order valence-corrected chi connectivity index (χ1v) is 14.8. The van der Waals surface area contributed by atoms with E-state index in [1.165, 1.54) is 23.8 Å². The number of hydrogen-bond donors (Lipinski definition) is 2. The molecule has 2 aromatic rings. The van der Waals surface area contributed by atoms with Crippen molar-refractivity contribution in [1.82, 2.24) is 15.1 Å². The molecule has 1 unspecified atom stereocenters. The average Bonchev–Trinajstić information content (AvgIpc) is 3.72. The molecule has 40 heavy (non-hydrogen) atoms. The Morgan fingerprint density at radius 2 is 2.00 bits per heavy atom. The SMILES string of the molecule is CCCNC(=O)N1CCC(CN(C(=O)Nc2ccc(F)c(Cl)c2)[C@@H]2CC[C@@]3(c4cccc(C#N)c4)CC3C2)CC1. The van der Waals surface area contributed by atoms with Gasteiger partial charge in [-0.25, -0.2) is 14.0 Å². The number of rotatable bonds is 7. The van der Waals surface area contributed by atoms with Crippen LogP contribution in [0.15, 0.2) is 42.5 Å². The molecule has 2 aliphatic carbocycles. The zero-order valence-electron chi connectivity index (χ0n) is 23.0. The zero-order chi connectivity index (χ0) is 28.3. The van der Waals surface area contributed by atoms with Crippen LogP contribution in [0.5, 0.6) is 0 Å². The summed E-state index contributed by atoms with van der Waals surface area (Å²) in [6.45, 7) is 4.67. The highest BCUT2D eigenvalue weighted by atomic mass is 35.5. The van der Waals surface area contributed by atoms with Crippen molar-refractivity contribution in [3.63, 3.8) is 0 Å². The third-order valence-corrected chi connectivity index (χ3v) is 9.32. The van der Waals surface area contributed by atoms with Gasteiger partial charge in [-0.05, 0) is 98.1 Å². The standard InChI is InChI=1S/C31H37ClFN5O2/c1-2-12-35-29(39)37-13-9-21(10-14-37)20-38(30(40)36-25-6-7-28(33)27(32)17-25)26-8-11-31(18-24(31)16-26)23-5-3-4-22(15-23)19-34/h3-7,15,17,21,24,26H,2,8-14,16,18,20H2,1H3,(H,35,39)(H,36,40)/t24?,26-,31+/m1/s1. The van der Waals surface area contributed by atoms with Gasteiger partial charge in [0.15, 0.2) is 0 Å². The Kier molecular flexibility index (Phi) is 8.51. The van der Waals surface area contributed by atoms with Crippen molar-refractivity contribution >= 4 is 29.4 Å². The highest BCUT2D eigenvalue weighted by Gasteiger charge is 2.58. The molecule has 3 fully saturated rings. The quantitative estimate of drug-likeness (QED) is 0.400. The van der Waals surface area contributed by atoms with Crippen molar-refractivity contribution in [3.8, 4) is 6.07 Å². The van der Waals surface area contributed by atoms with Crippen molar-refractivity contribution < 1.29 is 14.0 Å². The lowest BCUT2D eigenvalue weighted by molar-refractivity contribution is 0.121. The van der Waals surface area contributed by atoms with Crippen LogP contribution in [-0.4, -0.2) is 54.1 Å². The molecule has 0 aromatic heterocycles. The van der Waals surface area contributed by atoms with Gasteiger partial charge >= 0.3 is 12.1 Å². The summed E-state index contributed by atoms with van der Waals surface area (Å²) in [5.41, 5.74) is 2.50. The number of piperidine rings is 1. The molecule has 0 bridgehead atoms. The molecule has 7 nitrogen and oxygen atoms in total. The molecule has 3 aliphatic rings. The monoisotopic (exact) mass is 565 g/mol. The second-order valence-corrected chi connectivity index (χ2v) is 12.0. The lowest BCUT2D eigenvalue weighted by Gasteiger charge is -2.40. The first-order chi connectivity index (χ1) is 19.3. The van der Waals surface area contributed by atoms with E-state index in [2.05, 4.69) is 22.8 Å². The molecule has 0 spiro atoms. The van der Waals surface area contributed by atoms with E-state index >= 15 is 0 Å². The van der Waals surface area contributed by atoms with Gasteiger partial charge in [0, 0.05) is 37.9 Å². The summed E-state index contributed by atoms with van der Waals surface area (Å²) in [7, 11) is 0. The first kappa shape index (κ1) is 28.2. The Labute approximate surface area is 240 Å². The van der Waals surface area contributed by atoms with Crippen molar-refractivity contribution in [2.24, 2.45) is 11.8 Å². The predicted molar refractivity (Wildman–Crippen MR) is 154 cm³/mol. The molecule has 1 heterocycles. The van der Waals surface area contributed by atoms with E-state index in [0.717, 1.165) is 44.9 Å². The van der Waals surface area contributed by atoms with Crippen molar-refractivity contribution in [2.45, 2.75) is 63.3 Å². The molecule has 9 heteroatoms. The molecule has 212 valence electrons. The number of benzene rings is 2. The van der Waals surface area contributed by atoms with Gasteiger partial charge < -0.3 is 20.4 Å². The third kappa shape index (κ3) is 6.05. The molecule has 1 aliphatic heterocycles. The predicted octanol–water partition coefficient (Wildman–Crippen LogP) is 6.53. The number of urea groups is 2. The Morgan fingerprint density at radius 1 is 1.20 bits per heavy atom. The van der Waals surface area contributed by atoms with Crippen LogP contribution in [0.1, 0.15) is 63.0 Å². The van der Waals surface area contributed by atoms with Gasteiger partial charge in [-0.15, -0.1) is 0 Å². The van der Waals surface area contributed by atoms with Gasteiger partial charge in [0.25, 0.3) is 0 Å². The van der Waals surface area contributed by atoms with Crippen LogP contribution in [0.3, 0.4) is 0 Å². The number of anilines is 1. The van der Waals surface area contributed by atoms with Gasteiger partial charge in [-0.3, -0.25) is 0 Å². The van der Waals surface area contributed by atoms with Crippen LogP contribution in [-0.2, 0) is 5.41 Å². The van der Waals surface area contributed by atoms with E-state index in [1.54, 1.807) is 0 Å². The number of carbonyl (C=O) groups is 2. The minimum absolute atomic E-state index is 0.0130. The van der Waals surface area contributed by atoms with E-state index in [4.69, 9.17) is 11.6 Å². The van der Waals surface area contributed by atoms with Crippen LogP contribution in [0.2, 0.25) is 5.02 Å². The molecule has 2 aromatic carbocycles. The maximum atomic E-state index is 13.7. The Morgan fingerprint density at radius 3 is 2.70 bits per heavy atom. The largest absolute Gasteiger partial charge is 0.338 e. The molecule has 0 radical (unpaired) electrons. The van der Waals surface area contributed by atoms with E-state index < -0.39 is 5.82 Å². The zero-order valence-corrected chi connectivity index (χ0v) is 23.7. The molecular weight excluding hydrogens is 529 g/mol. The Bertz CT molecular complexity index is 1290. The number of carbonyl (C=O) groups excluding carboxylic acids is 2. The average molecular weight is 566 g/mol. The summed E-state index contributed by atoms with van der Waals surface area (Å²) in [6.07, 6.45) is 6.42. The van der Waals surface area contributed by atoms with Crippen molar-refractivity contribution in [3.05, 3.63) is 64.4 Å². The summed E-state index contributed by atoms with van der Waals surface area (Å²) in [5.74, 6) is 0.236. The first-order valence-electron chi connectivity index (χ1n) is 14.4. The molecule has 3 atom stereocenters. The molecule has 5 rings (SSSR count). The van der Waals surface area contributed by atoms with Gasteiger partial charge in [-0.2, -0.15) is 5.26 Å². The van der Waals surface area contributed by atoms with Crippen molar-refractivity contribution in [2.75, 3.05) is 31.5 Å². The minimum Gasteiger partial charge on any atom is -0.338 e. The maximum absolute atomic E-state index is 13.7. The van der Waals surface area contributed by atoms with E-state index in [1.807, 2.05) is 34.9 Å². The number of hydrogen-bond acceptors (Lipinski definition) is 3. The van der Waals surface area contributed by atoms with E-state index in [-0.39, 0.29) is 34.5 Å². The summed E-state index contributed by atoms with van der Waals surface area (Å²) in [4.78, 5) is 29.9. The molecule has 2 N–H and O–H groups in total. The van der Waals surface area contributed by atoms with Crippen molar-refractivity contribution in [1.29, 1.82) is 5.26 Å². The topological polar surface area (TPSA) is 88.5 Å². The van der Waals surface area contributed by atoms with Gasteiger partial charge in [0.2, 0.25) is 0 Å². The lowest BCUT2D eigenvalue weighted by Crippen LogP contribution is -2.50. The number of amides is 4. The maximum Gasteiger partial charge on any atom is 0.322 e. The fourth-order valence-corrected chi connectivity index (χ4v) is 6.83. The number of likely N-dealkylation sites (tertiary alicyclic amines) is 1. The van der Waals surface area contributed by atoms with Crippen LogP contribution < -0.4 is 10.6 Å². The third-order valence-electron chi connectivity index (χ3n) is 9.03. The van der Waals surface area contributed by atoms with Gasteiger partial charge in [0.05, 0.1) is 16.7 Å². The second kappa shape index (κ2) is 12.1. The molecule has 2 saturated carbocycles. The summed E-state index contributed by atoms with van der Waals surface area (Å²) in [6, 6.07) is 14.3. The fraction of sp³-hybridized carbons (Fsp3) is 0.516. The van der Waals surface area contributed by atoms with Gasteiger partial charge in [-0.1, -0.05) is 30.7 Å². The molecule has 1 saturated heterocycles. The van der Waals surface area contributed by atoms with Crippen LogP contribution in [0.25, 0.3) is 0 Å². The normalized spacial score (nSPS) is 24.0. The van der Waals surface area contributed by atoms with Crippen LogP contribution in [0, 0.1) is 29.0 Å². The lowest BCUT2D eigenvalue weighted by atomic mass is 9.79. The van der Waals surface area contributed by atoms with Crippen LogP contribution >= 0.6 is 11.6 Å². The van der Waals surface area contributed by atoms with E-state index in [9.17, 15) is 19.2 Å². The minimum atomic E-state index is -0.524. The Balaban J connectivity index is 1.27. The number of nitriles is 1. The fourth-order valence-electron chi connectivity index (χ4n) is 6.65. The molecule has 4 amide bonds. The smallest absolute Gasteiger partial charge is 0.322 e. The highest BCUT2D eigenvalue weighted by Crippen LogP contribution is 2.63. The number of nitrogens with zero attached hydrogens (tertiary/aromatic N) is 3. The second-order valence-electron chi connectivity index (χ2n) is 11.6. The highest BCUT2D eigenvalue weighted by molar-refractivity contribution is 6.31. The number of fused-ring (bicyclic) bond motifs is 1.